The van der Waals surface area contributed by atoms with Gasteiger partial charge in [0, 0.05) is 71.9 Å². The van der Waals surface area contributed by atoms with Crippen molar-refractivity contribution in [3.8, 4) is 0 Å². The van der Waals surface area contributed by atoms with Gasteiger partial charge in [-0.3, -0.25) is 38.4 Å². The summed E-state index contributed by atoms with van der Waals surface area (Å²) in [5.41, 5.74) is 3.22. The highest BCUT2D eigenvalue weighted by atomic mass is 19.1. The van der Waals surface area contributed by atoms with E-state index in [4.69, 9.17) is 0 Å². The number of halogens is 2. The number of rotatable bonds is 19. The molecule has 0 aliphatic carbocycles. The summed E-state index contributed by atoms with van der Waals surface area (Å²) in [6.45, 7) is 17.7. The highest BCUT2D eigenvalue weighted by molar-refractivity contribution is 6.07. The molecule has 5 aromatic rings. The number of ketones is 1. The number of nitrogens with zero attached hydrogens (tertiary/aromatic N) is 2. The lowest BCUT2D eigenvalue weighted by Crippen LogP contribution is -2.62. The molecule has 7 amide bonds. The molecule has 7 N–H and O–H groups in total. The molecule has 19 heteroatoms. The summed E-state index contributed by atoms with van der Waals surface area (Å²) >= 11 is 0. The second kappa shape index (κ2) is 26.6. The van der Waals surface area contributed by atoms with Gasteiger partial charge in [0.25, 0.3) is 11.8 Å². The molecule has 0 saturated heterocycles. The smallest absolute Gasteiger partial charge is 0.255 e. The van der Waals surface area contributed by atoms with Crippen molar-refractivity contribution in [2.45, 2.75) is 144 Å². The van der Waals surface area contributed by atoms with E-state index in [1.165, 1.54) is 46.2 Å². The molecule has 2 aliphatic rings. The average Bonchev–Trinajstić information content (AvgIpc) is 3.65. The van der Waals surface area contributed by atoms with E-state index in [0.29, 0.717) is 28.1 Å². The van der Waals surface area contributed by atoms with Crippen molar-refractivity contribution in [2.24, 2.45) is 16.7 Å². The van der Waals surface area contributed by atoms with Crippen molar-refractivity contribution in [2.75, 3.05) is 24.7 Å². The molecule has 2 heterocycles. The Balaban J connectivity index is 1.07. The van der Waals surface area contributed by atoms with E-state index in [2.05, 4.69) is 37.2 Å². The van der Waals surface area contributed by atoms with Crippen molar-refractivity contribution in [3.05, 3.63) is 165 Å². The summed E-state index contributed by atoms with van der Waals surface area (Å²) < 4.78 is 29.7. The van der Waals surface area contributed by atoms with Crippen LogP contribution in [0, 0.1) is 28.4 Å². The monoisotopic (exact) mass is 1150 g/mol. The molecule has 5 aromatic carbocycles. The van der Waals surface area contributed by atoms with Gasteiger partial charge in [0.1, 0.15) is 35.5 Å². The first-order valence-electron chi connectivity index (χ1n) is 28.4. The van der Waals surface area contributed by atoms with E-state index in [1.807, 2.05) is 41.5 Å². The molecule has 0 aromatic heterocycles. The minimum atomic E-state index is -1.04. The number of nitrogens with one attached hydrogen (secondary N) is 7. The lowest BCUT2D eigenvalue weighted by molar-refractivity contribution is -0.149. The van der Waals surface area contributed by atoms with E-state index in [0.717, 1.165) is 11.1 Å². The summed E-state index contributed by atoms with van der Waals surface area (Å²) in [6.07, 6.45) is 0.140. The van der Waals surface area contributed by atoms with Crippen LogP contribution in [0.5, 0.6) is 0 Å². The van der Waals surface area contributed by atoms with Gasteiger partial charge in [-0.05, 0) is 136 Å². The highest BCUT2D eigenvalue weighted by Crippen LogP contribution is 2.36. The fourth-order valence-electron chi connectivity index (χ4n) is 10.6. The van der Waals surface area contributed by atoms with Crippen LogP contribution in [0.25, 0.3) is 0 Å². The second-order valence-corrected chi connectivity index (χ2v) is 24.2. The maximum absolute atomic E-state index is 14.9. The number of carbonyl (C=O) groups is 8. The zero-order valence-corrected chi connectivity index (χ0v) is 50.0. The number of hydrogen-bond donors (Lipinski definition) is 7. The van der Waals surface area contributed by atoms with Gasteiger partial charge in [-0.2, -0.15) is 0 Å². The highest BCUT2D eigenvalue weighted by Gasteiger charge is 2.45. The van der Waals surface area contributed by atoms with Crippen LogP contribution in [-0.4, -0.2) is 101 Å². The number of hydrogen-bond acceptors (Lipinski definition) is 10. The number of benzene rings is 5. The fraction of sp³-hybridized carbons (Fsp3) is 0.415. The minimum absolute atomic E-state index is 0.0137. The normalized spacial score (nSPS) is 17.2. The summed E-state index contributed by atoms with van der Waals surface area (Å²) in [7, 11) is 3.30. The Morgan fingerprint density at radius 2 is 0.940 bits per heavy atom. The third-order valence-electron chi connectivity index (χ3n) is 16.1. The molecule has 446 valence electrons. The summed E-state index contributed by atoms with van der Waals surface area (Å²) in [5, 5.41) is 20.4. The van der Waals surface area contributed by atoms with Gasteiger partial charge in [0.05, 0.1) is 24.2 Å². The lowest BCUT2D eigenvalue weighted by atomic mass is 9.75. The zero-order valence-electron chi connectivity index (χ0n) is 50.0. The van der Waals surface area contributed by atoms with Gasteiger partial charge in [-0.15, -0.1) is 0 Å². The lowest BCUT2D eigenvalue weighted by Gasteiger charge is -2.41. The molecule has 0 fully saturated rings. The van der Waals surface area contributed by atoms with Crippen LogP contribution >= 0.6 is 0 Å². The van der Waals surface area contributed by atoms with Crippen LogP contribution in [0.4, 0.5) is 20.2 Å². The minimum Gasteiger partial charge on any atom is -0.348 e. The van der Waals surface area contributed by atoms with E-state index >= 15 is 0 Å². The summed E-state index contributed by atoms with van der Waals surface area (Å²) in [6, 6.07) is 23.1. The molecular formula is C65H79F2N9O8. The molecule has 0 radical (unpaired) electrons. The van der Waals surface area contributed by atoms with Gasteiger partial charge in [-0.25, -0.2) is 8.78 Å². The topological polar surface area (TPSA) is 227 Å². The number of fused-ring (bicyclic) bond motifs is 2. The maximum atomic E-state index is 14.9. The summed E-state index contributed by atoms with van der Waals surface area (Å²) in [5.74, 6) is -5.16. The zero-order chi connectivity index (χ0) is 61.5. The molecule has 0 bridgehead atoms. The third-order valence-corrected chi connectivity index (χ3v) is 16.1. The van der Waals surface area contributed by atoms with Crippen molar-refractivity contribution in [3.63, 3.8) is 0 Å². The van der Waals surface area contributed by atoms with Gasteiger partial charge < -0.3 is 47.0 Å². The molecule has 17 nitrogen and oxygen atoms in total. The van der Waals surface area contributed by atoms with Gasteiger partial charge in [-0.1, -0.05) is 90.1 Å². The maximum Gasteiger partial charge on any atom is 0.255 e. The van der Waals surface area contributed by atoms with Gasteiger partial charge in [0.2, 0.25) is 29.5 Å². The van der Waals surface area contributed by atoms with Crippen LogP contribution < -0.4 is 37.2 Å². The molecule has 2 unspecified atom stereocenters. The third kappa shape index (κ3) is 15.0. The predicted molar refractivity (Wildman–Crippen MR) is 318 cm³/mol. The second-order valence-electron chi connectivity index (χ2n) is 24.2. The molecule has 8 atom stereocenters. The van der Waals surface area contributed by atoms with Crippen molar-refractivity contribution < 1.29 is 47.1 Å². The van der Waals surface area contributed by atoms with Crippen LogP contribution in [0.3, 0.4) is 0 Å². The first kappa shape index (κ1) is 63.4. The van der Waals surface area contributed by atoms with Crippen molar-refractivity contribution in [1.29, 1.82) is 0 Å². The van der Waals surface area contributed by atoms with Crippen LogP contribution in [0.15, 0.2) is 109 Å². The van der Waals surface area contributed by atoms with Crippen molar-refractivity contribution >= 4 is 58.5 Å². The van der Waals surface area contributed by atoms with E-state index in [9.17, 15) is 47.1 Å². The Kier molecular flexibility index (Phi) is 20.1. The van der Waals surface area contributed by atoms with Gasteiger partial charge >= 0.3 is 0 Å². The Morgan fingerprint density at radius 3 is 1.33 bits per heavy atom. The molecule has 84 heavy (non-hydrogen) atoms. The molecule has 7 rings (SSSR count). The van der Waals surface area contributed by atoms with E-state index < -0.39 is 106 Å². The molecule has 0 spiro atoms. The molecule has 2 aliphatic heterocycles. The number of Topliss-reactive ketones (excluding diaryl/α,β-unsaturated/α-hetero) is 1. The van der Waals surface area contributed by atoms with Gasteiger partial charge in [0.15, 0.2) is 0 Å². The van der Waals surface area contributed by atoms with Crippen molar-refractivity contribution in [1.82, 2.24) is 36.4 Å². The predicted octanol–water partition coefficient (Wildman–Crippen LogP) is 8.10. The first-order chi connectivity index (χ1) is 39.6. The largest absolute Gasteiger partial charge is 0.348 e. The van der Waals surface area contributed by atoms with Crippen LogP contribution in [0.2, 0.25) is 0 Å². The quantitative estimate of drug-likeness (QED) is 0.0420. The van der Waals surface area contributed by atoms with Crippen LogP contribution in [0.1, 0.15) is 142 Å². The summed E-state index contributed by atoms with van der Waals surface area (Å²) in [4.78, 5) is 115. The first-order valence-corrected chi connectivity index (χ1v) is 28.4. The molecular weight excluding hydrogens is 1070 g/mol. The van der Waals surface area contributed by atoms with E-state index in [-0.39, 0.29) is 60.7 Å². The SMILES string of the molecule is CN[C@@H](C)C(=O)C[C@H](C(=O)N1Cc2cc(NC(=O)c3ccc(C(=O)Nc4ccc5c(c4)CN(C(=O)[C@@H](NC(=O)[C@H](C)NC)C(C)(C)C)[C@H](C(=O)NC(C)c4ccccc4F)C5)cc3)ccc2C[C@H]1C(=O)NC(C)c1ccccc1F)C(C)(C)C. The fourth-order valence-corrected chi connectivity index (χ4v) is 10.6. The molecule has 0 saturated carbocycles. The standard InChI is InChI=1S/C65H79F2N9O8/c1-36(48-17-13-15-19-51(48)66)70-60(81)53-31-42-25-27-46(29-44(42)34-75(53)62(83)50(64(5,6)7)33-55(77)38(3)68-11)72-58(79)40-21-23-41(24-22-40)59(80)73-47-28-26-43-32-54(61(82)71-37(2)49-18-14-16-20-52(49)67)76(35-45(43)30-47)63(84)56(65(8,9)10)74-57(78)39(4)69-12/h13-30,36-39,50,53-54,56,68-69H,31-35H2,1-12H3,(H,70,81)(H,71,82)(H,72,79)(H,73,80)(H,74,78)/t36?,37?,38-,39-,50+,53-,54-,56+/m0/s1. The number of amides is 7. The van der Waals surface area contributed by atoms with E-state index in [1.54, 1.807) is 115 Å². The van der Waals surface area contributed by atoms with Crippen LogP contribution in [-0.2, 0) is 54.7 Å². The number of likely N-dealkylation sites (N-methyl/N-ethyl adjacent to an activating group) is 2. The average molecular weight is 1150 g/mol. The number of anilines is 2. The Morgan fingerprint density at radius 1 is 0.524 bits per heavy atom. The Bertz CT molecular complexity index is 3090. The Hall–Kier alpha value is -8.16. The number of carbonyl (C=O) groups excluding carboxylic acids is 8. The Labute approximate surface area is 490 Å².